The van der Waals surface area contributed by atoms with Crippen molar-refractivity contribution in [1.82, 2.24) is 10.6 Å². The molecule has 0 atom stereocenters. The van der Waals surface area contributed by atoms with E-state index in [4.69, 9.17) is 11.6 Å². The fourth-order valence-electron chi connectivity index (χ4n) is 1.94. The maximum absolute atomic E-state index is 11.5. The highest BCUT2D eigenvalue weighted by atomic mass is 35.5. The van der Waals surface area contributed by atoms with E-state index in [9.17, 15) is 4.79 Å². The second-order valence-electron chi connectivity index (χ2n) is 5.33. The van der Waals surface area contributed by atoms with Gasteiger partial charge in [0.15, 0.2) is 0 Å². The summed E-state index contributed by atoms with van der Waals surface area (Å²) in [5.41, 5.74) is 2.12. The summed E-state index contributed by atoms with van der Waals surface area (Å²) in [7, 11) is 3.55. The van der Waals surface area contributed by atoms with Gasteiger partial charge >= 0.3 is 0 Å². The molecule has 0 aromatic heterocycles. The van der Waals surface area contributed by atoms with Gasteiger partial charge in [-0.05, 0) is 36.2 Å². The van der Waals surface area contributed by atoms with E-state index in [1.54, 1.807) is 7.05 Å². The van der Waals surface area contributed by atoms with Crippen LogP contribution in [0.3, 0.4) is 0 Å². The largest absolute Gasteiger partial charge is 0.365 e. The number of nitrogens with zero attached hydrogens (tertiary/aromatic N) is 1. The highest BCUT2D eigenvalue weighted by Crippen LogP contribution is 2.23. The van der Waals surface area contributed by atoms with Crippen LogP contribution in [-0.4, -0.2) is 33.1 Å². The Balaban J connectivity index is 2.80. The zero-order valence-corrected chi connectivity index (χ0v) is 13.4. The molecule has 0 aliphatic rings. The van der Waals surface area contributed by atoms with E-state index in [1.165, 1.54) is 0 Å². The smallest absolute Gasteiger partial charge is 0.239 e. The van der Waals surface area contributed by atoms with Crippen molar-refractivity contribution in [3.05, 3.63) is 28.8 Å². The molecule has 0 heterocycles. The van der Waals surface area contributed by atoms with Crippen LogP contribution in [-0.2, 0) is 11.3 Å². The summed E-state index contributed by atoms with van der Waals surface area (Å²) in [6, 6.07) is 5.76. The minimum atomic E-state index is -0.0106. The molecule has 0 fully saturated rings. The van der Waals surface area contributed by atoms with Crippen molar-refractivity contribution in [2.75, 3.05) is 32.1 Å². The van der Waals surface area contributed by atoms with Crippen molar-refractivity contribution < 1.29 is 4.79 Å². The number of benzene rings is 1. The third kappa shape index (κ3) is 5.39. The SMILES string of the molecule is CNC(=O)CN(C)c1ccc(Cl)cc1CNCC(C)C. The normalized spacial score (nSPS) is 10.7. The Morgan fingerprint density at radius 1 is 1.40 bits per heavy atom. The van der Waals surface area contributed by atoms with Crippen LogP contribution >= 0.6 is 11.6 Å². The summed E-state index contributed by atoms with van der Waals surface area (Å²) in [5, 5.41) is 6.75. The zero-order valence-electron chi connectivity index (χ0n) is 12.7. The van der Waals surface area contributed by atoms with E-state index in [1.807, 2.05) is 30.1 Å². The third-order valence-electron chi connectivity index (χ3n) is 2.98. The van der Waals surface area contributed by atoms with Crippen LogP contribution in [0.5, 0.6) is 0 Å². The van der Waals surface area contributed by atoms with Gasteiger partial charge in [-0.2, -0.15) is 0 Å². The van der Waals surface area contributed by atoms with Crippen molar-refractivity contribution in [2.45, 2.75) is 20.4 Å². The lowest BCUT2D eigenvalue weighted by molar-refractivity contribution is -0.119. The second kappa shape index (κ2) is 8.12. The lowest BCUT2D eigenvalue weighted by atomic mass is 10.1. The number of nitrogens with one attached hydrogen (secondary N) is 2. The maximum atomic E-state index is 11.5. The molecule has 112 valence electrons. The Bertz CT molecular complexity index is 449. The van der Waals surface area contributed by atoms with E-state index in [2.05, 4.69) is 24.5 Å². The van der Waals surface area contributed by atoms with Gasteiger partial charge in [0, 0.05) is 31.4 Å². The molecule has 1 aromatic carbocycles. The molecule has 1 amide bonds. The van der Waals surface area contributed by atoms with Crippen LogP contribution in [0.1, 0.15) is 19.4 Å². The van der Waals surface area contributed by atoms with Crippen LogP contribution in [0.25, 0.3) is 0 Å². The van der Waals surface area contributed by atoms with Gasteiger partial charge in [0.1, 0.15) is 0 Å². The first-order valence-corrected chi connectivity index (χ1v) is 7.22. The molecule has 0 spiro atoms. The monoisotopic (exact) mass is 297 g/mol. The molecule has 4 nitrogen and oxygen atoms in total. The van der Waals surface area contributed by atoms with Gasteiger partial charge in [-0.3, -0.25) is 4.79 Å². The number of likely N-dealkylation sites (N-methyl/N-ethyl adjacent to an activating group) is 2. The first-order valence-electron chi connectivity index (χ1n) is 6.85. The summed E-state index contributed by atoms with van der Waals surface area (Å²) in [6.07, 6.45) is 0. The van der Waals surface area contributed by atoms with Gasteiger partial charge < -0.3 is 15.5 Å². The van der Waals surface area contributed by atoms with Crippen molar-refractivity contribution in [1.29, 1.82) is 0 Å². The van der Waals surface area contributed by atoms with Gasteiger partial charge in [0.05, 0.1) is 6.54 Å². The van der Waals surface area contributed by atoms with E-state index in [0.29, 0.717) is 17.5 Å². The molecular formula is C15H24ClN3O. The van der Waals surface area contributed by atoms with Gasteiger partial charge in [0.25, 0.3) is 0 Å². The van der Waals surface area contributed by atoms with Crippen LogP contribution in [0.2, 0.25) is 5.02 Å². The first-order chi connectivity index (χ1) is 9.43. The molecule has 0 unspecified atom stereocenters. The topological polar surface area (TPSA) is 44.4 Å². The standard InChI is InChI=1S/C15H24ClN3O/c1-11(2)8-18-9-12-7-13(16)5-6-14(12)19(4)10-15(20)17-3/h5-7,11,18H,8-10H2,1-4H3,(H,17,20). The molecule has 1 aromatic rings. The zero-order chi connectivity index (χ0) is 15.1. The molecule has 0 saturated carbocycles. The third-order valence-corrected chi connectivity index (χ3v) is 3.22. The van der Waals surface area contributed by atoms with Crippen LogP contribution < -0.4 is 15.5 Å². The number of rotatable bonds is 7. The fraction of sp³-hybridized carbons (Fsp3) is 0.533. The molecule has 0 aliphatic carbocycles. The van der Waals surface area contributed by atoms with Crippen molar-refractivity contribution in [3.63, 3.8) is 0 Å². The first kappa shape index (κ1) is 16.8. The number of hydrogen-bond acceptors (Lipinski definition) is 3. The van der Waals surface area contributed by atoms with E-state index < -0.39 is 0 Å². The average molecular weight is 298 g/mol. The molecule has 0 radical (unpaired) electrons. The van der Waals surface area contributed by atoms with Crippen LogP contribution in [0, 0.1) is 5.92 Å². The average Bonchev–Trinajstić information content (AvgIpc) is 2.38. The Labute approximate surface area is 126 Å². The highest BCUT2D eigenvalue weighted by Gasteiger charge is 2.11. The summed E-state index contributed by atoms with van der Waals surface area (Å²) in [6.45, 7) is 6.36. The summed E-state index contributed by atoms with van der Waals surface area (Å²) < 4.78 is 0. The molecule has 0 saturated heterocycles. The minimum absolute atomic E-state index is 0.0106. The number of halogens is 1. The predicted molar refractivity (Wildman–Crippen MR) is 85.3 cm³/mol. The molecule has 0 bridgehead atoms. The highest BCUT2D eigenvalue weighted by molar-refractivity contribution is 6.30. The predicted octanol–water partition coefficient (Wildman–Crippen LogP) is 2.27. The quantitative estimate of drug-likeness (QED) is 0.811. The molecular weight excluding hydrogens is 274 g/mol. The molecule has 1 rings (SSSR count). The fourth-order valence-corrected chi connectivity index (χ4v) is 2.14. The number of carbonyl (C=O) groups is 1. The van der Waals surface area contributed by atoms with Gasteiger partial charge in [0.2, 0.25) is 5.91 Å². The minimum Gasteiger partial charge on any atom is -0.365 e. The van der Waals surface area contributed by atoms with Crippen molar-refractivity contribution in [2.24, 2.45) is 5.92 Å². The number of hydrogen-bond donors (Lipinski definition) is 2. The van der Waals surface area contributed by atoms with Gasteiger partial charge in [-0.1, -0.05) is 25.4 Å². The Hall–Kier alpha value is -1.26. The Kier molecular flexibility index (Phi) is 6.82. The van der Waals surface area contributed by atoms with Crippen LogP contribution in [0.4, 0.5) is 5.69 Å². The van der Waals surface area contributed by atoms with Crippen LogP contribution in [0.15, 0.2) is 18.2 Å². The lowest BCUT2D eigenvalue weighted by Gasteiger charge is -2.22. The van der Waals surface area contributed by atoms with E-state index in [0.717, 1.165) is 24.3 Å². The second-order valence-corrected chi connectivity index (χ2v) is 5.76. The molecule has 5 heteroatoms. The van der Waals surface area contributed by atoms with Crippen molar-refractivity contribution >= 4 is 23.2 Å². The lowest BCUT2D eigenvalue weighted by Crippen LogP contribution is -2.33. The summed E-state index contributed by atoms with van der Waals surface area (Å²) >= 11 is 6.07. The number of carbonyl (C=O) groups excluding carboxylic acids is 1. The molecule has 0 aliphatic heterocycles. The summed E-state index contributed by atoms with van der Waals surface area (Å²) in [5.74, 6) is 0.588. The number of anilines is 1. The van der Waals surface area contributed by atoms with Gasteiger partial charge in [-0.15, -0.1) is 0 Å². The number of amides is 1. The maximum Gasteiger partial charge on any atom is 0.239 e. The summed E-state index contributed by atoms with van der Waals surface area (Å²) in [4.78, 5) is 13.4. The Morgan fingerprint density at radius 2 is 2.10 bits per heavy atom. The molecule has 2 N–H and O–H groups in total. The molecule has 20 heavy (non-hydrogen) atoms. The van der Waals surface area contributed by atoms with Gasteiger partial charge in [-0.25, -0.2) is 0 Å². The Morgan fingerprint density at radius 3 is 2.70 bits per heavy atom. The van der Waals surface area contributed by atoms with E-state index in [-0.39, 0.29) is 5.91 Å². The van der Waals surface area contributed by atoms with Crippen molar-refractivity contribution in [3.8, 4) is 0 Å². The van der Waals surface area contributed by atoms with E-state index >= 15 is 0 Å².